The number of aromatic nitrogens is 1. The number of carbonyl (C=O) groups is 1. The first-order chi connectivity index (χ1) is 13.2. The highest BCUT2D eigenvalue weighted by atomic mass is 16.2. The van der Waals surface area contributed by atoms with Gasteiger partial charge in [-0.15, -0.1) is 0 Å². The third-order valence-corrected chi connectivity index (χ3v) is 4.98. The fourth-order valence-corrected chi connectivity index (χ4v) is 3.42. The molecule has 1 aromatic heterocycles. The van der Waals surface area contributed by atoms with Crippen LogP contribution in [0.25, 0.3) is 21.8 Å². The van der Waals surface area contributed by atoms with Crippen LogP contribution in [0.3, 0.4) is 0 Å². The van der Waals surface area contributed by atoms with Crippen LogP contribution >= 0.6 is 0 Å². The van der Waals surface area contributed by atoms with Gasteiger partial charge in [0.25, 0.3) is 5.91 Å². The molecule has 1 aliphatic rings. The molecule has 0 aliphatic carbocycles. The molecule has 2 aromatic carbocycles. The Morgan fingerprint density at radius 2 is 1.63 bits per heavy atom. The van der Waals surface area contributed by atoms with Crippen LogP contribution < -0.4 is 5.43 Å². The molecule has 0 saturated carbocycles. The zero-order valence-electron chi connectivity index (χ0n) is 15.4. The number of carbonyl (C=O) groups excluding carboxylic acids is 1. The lowest BCUT2D eigenvalue weighted by molar-refractivity contribution is -0.122. The van der Waals surface area contributed by atoms with E-state index in [0.717, 1.165) is 53.5 Å². The number of amides is 1. The molecule has 0 bridgehead atoms. The van der Waals surface area contributed by atoms with Crippen LogP contribution in [0, 0.1) is 0 Å². The SMILES string of the molecule is CN1CCN(CC(=O)N/N=C/c2c3ccccc3nc3ccccc23)CC1. The smallest absolute Gasteiger partial charge is 0.254 e. The van der Waals surface area contributed by atoms with Crippen LogP contribution in [0.4, 0.5) is 0 Å². The number of fused-ring (bicyclic) bond motifs is 2. The van der Waals surface area contributed by atoms with Gasteiger partial charge in [0.2, 0.25) is 0 Å². The van der Waals surface area contributed by atoms with Gasteiger partial charge in [-0.3, -0.25) is 9.69 Å². The number of nitrogens with zero attached hydrogens (tertiary/aromatic N) is 4. The Hall–Kier alpha value is -2.83. The molecule has 0 radical (unpaired) electrons. The summed E-state index contributed by atoms with van der Waals surface area (Å²) >= 11 is 0. The summed E-state index contributed by atoms with van der Waals surface area (Å²) in [5, 5.41) is 6.28. The first-order valence-corrected chi connectivity index (χ1v) is 9.21. The number of pyridine rings is 1. The summed E-state index contributed by atoms with van der Waals surface area (Å²) in [6.07, 6.45) is 1.73. The summed E-state index contributed by atoms with van der Waals surface area (Å²) in [4.78, 5) is 21.3. The van der Waals surface area contributed by atoms with Gasteiger partial charge in [0, 0.05) is 42.5 Å². The molecule has 138 valence electrons. The monoisotopic (exact) mass is 361 g/mol. The van der Waals surface area contributed by atoms with Crippen molar-refractivity contribution in [2.45, 2.75) is 0 Å². The van der Waals surface area contributed by atoms with Gasteiger partial charge in [0.15, 0.2) is 0 Å². The molecule has 1 N–H and O–H groups in total. The van der Waals surface area contributed by atoms with Crippen molar-refractivity contribution in [2.24, 2.45) is 5.10 Å². The summed E-state index contributed by atoms with van der Waals surface area (Å²) in [7, 11) is 2.10. The summed E-state index contributed by atoms with van der Waals surface area (Å²) in [5.74, 6) is -0.0847. The van der Waals surface area contributed by atoms with Gasteiger partial charge < -0.3 is 4.90 Å². The number of para-hydroxylation sites is 2. The molecule has 1 amide bonds. The molecule has 1 saturated heterocycles. The van der Waals surface area contributed by atoms with Crippen LogP contribution in [-0.2, 0) is 4.79 Å². The van der Waals surface area contributed by atoms with Gasteiger partial charge in [-0.2, -0.15) is 5.10 Å². The number of hydrogen-bond acceptors (Lipinski definition) is 5. The van der Waals surface area contributed by atoms with Crippen molar-refractivity contribution in [3.63, 3.8) is 0 Å². The molecule has 1 fully saturated rings. The minimum absolute atomic E-state index is 0.0847. The minimum atomic E-state index is -0.0847. The lowest BCUT2D eigenvalue weighted by Crippen LogP contribution is -2.47. The fraction of sp³-hybridized carbons (Fsp3) is 0.286. The Kier molecular flexibility index (Phi) is 5.09. The van der Waals surface area contributed by atoms with Crippen molar-refractivity contribution in [1.82, 2.24) is 20.2 Å². The molecule has 1 aliphatic heterocycles. The number of piperazine rings is 1. The molecule has 0 atom stereocenters. The largest absolute Gasteiger partial charge is 0.304 e. The van der Waals surface area contributed by atoms with Gasteiger partial charge in [-0.05, 0) is 19.2 Å². The van der Waals surface area contributed by atoms with Crippen LogP contribution in [0.1, 0.15) is 5.56 Å². The Bertz CT molecular complexity index is 938. The summed E-state index contributed by atoms with van der Waals surface area (Å²) in [5.41, 5.74) is 5.48. The number of likely N-dealkylation sites (N-methyl/N-ethyl adjacent to an activating group) is 1. The molecule has 0 spiro atoms. The van der Waals surface area contributed by atoms with Crippen molar-refractivity contribution in [2.75, 3.05) is 39.8 Å². The van der Waals surface area contributed by atoms with E-state index in [-0.39, 0.29) is 5.91 Å². The molecule has 27 heavy (non-hydrogen) atoms. The van der Waals surface area contributed by atoms with Gasteiger partial charge >= 0.3 is 0 Å². The third kappa shape index (κ3) is 3.97. The summed E-state index contributed by atoms with van der Waals surface area (Å²) < 4.78 is 0. The third-order valence-electron chi connectivity index (χ3n) is 4.98. The highest BCUT2D eigenvalue weighted by Gasteiger charge is 2.16. The van der Waals surface area contributed by atoms with Gasteiger partial charge in [-0.25, -0.2) is 10.4 Å². The van der Waals surface area contributed by atoms with E-state index in [4.69, 9.17) is 4.98 Å². The van der Waals surface area contributed by atoms with E-state index in [1.54, 1.807) is 6.21 Å². The topological polar surface area (TPSA) is 60.8 Å². The Labute approximate surface area is 158 Å². The number of rotatable bonds is 4. The second-order valence-corrected chi connectivity index (χ2v) is 6.93. The Balaban J connectivity index is 1.52. The lowest BCUT2D eigenvalue weighted by Gasteiger charge is -2.31. The van der Waals surface area contributed by atoms with Crippen LogP contribution in [0.5, 0.6) is 0 Å². The highest BCUT2D eigenvalue weighted by Crippen LogP contribution is 2.24. The predicted molar refractivity (Wildman–Crippen MR) is 109 cm³/mol. The van der Waals surface area contributed by atoms with Crippen molar-refractivity contribution < 1.29 is 4.79 Å². The van der Waals surface area contributed by atoms with E-state index in [1.165, 1.54) is 0 Å². The number of benzene rings is 2. The summed E-state index contributed by atoms with van der Waals surface area (Å²) in [6.45, 7) is 4.18. The highest BCUT2D eigenvalue weighted by molar-refractivity contribution is 6.10. The van der Waals surface area contributed by atoms with E-state index in [9.17, 15) is 4.79 Å². The van der Waals surface area contributed by atoms with Gasteiger partial charge in [0.05, 0.1) is 23.8 Å². The van der Waals surface area contributed by atoms with E-state index in [1.807, 2.05) is 48.5 Å². The van der Waals surface area contributed by atoms with E-state index in [0.29, 0.717) is 6.54 Å². The van der Waals surface area contributed by atoms with Crippen LogP contribution in [0.2, 0.25) is 0 Å². The average Bonchev–Trinajstić information content (AvgIpc) is 2.69. The van der Waals surface area contributed by atoms with Crippen molar-refractivity contribution in [1.29, 1.82) is 0 Å². The first-order valence-electron chi connectivity index (χ1n) is 9.21. The molecule has 3 aromatic rings. The van der Waals surface area contributed by atoms with Gasteiger partial charge in [0.1, 0.15) is 0 Å². The summed E-state index contributed by atoms with van der Waals surface area (Å²) in [6, 6.07) is 16.0. The average molecular weight is 361 g/mol. The molecular formula is C21H23N5O. The quantitative estimate of drug-likeness (QED) is 0.439. The van der Waals surface area contributed by atoms with Crippen LogP contribution in [0.15, 0.2) is 53.6 Å². The van der Waals surface area contributed by atoms with Crippen molar-refractivity contribution >= 4 is 33.9 Å². The number of hydrazone groups is 1. The maximum absolute atomic E-state index is 12.2. The zero-order chi connectivity index (χ0) is 18.6. The van der Waals surface area contributed by atoms with Crippen LogP contribution in [-0.4, -0.2) is 66.7 Å². The molecule has 4 rings (SSSR count). The van der Waals surface area contributed by atoms with E-state index >= 15 is 0 Å². The normalized spacial score (nSPS) is 16.3. The number of hydrogen-bond donors (Lipinski definition) is 1. The second-order valence-electron chi connectivity index (χ2n) is 6.93. The second kappa shape index (κ2) is 7.82. The molecule has 6 heteroatoms. The van der Waals surface area contributed by atoms with E-state index < -0.39 is 0 Å². The van der Waals surface area contributed by atoms with Crippen molar-refractivity contribution in [3.8, 4) is 0 Å². The maximum Gasteiger partial charge on any atom is 0.254 e. The lowest BCUT2D eigenvalue weighted by atomic mass is 10.0. The van der Waals surface area contributed by atoms with Crippen molar-refractivity contribution in [3.05, 3.63) is 54.1 Å². The Morgan fingerprint density at radius 3 is 2.26 bits per heavy atom. The predicted octanol–water partition coefficient (Wildman–Crippen LogP) is 2.09. The number of nitrogens with one attached hydrogen (secondary N) is 1. The molecule has 2 heterocycles. The molecular weight excluding hydrogens is 338 g/mol. The fourth-order valence-electron chi connectivity index (χ4n) is 3.42. The zero-order valence-corrected chi connectivity index (χ0v) is 15.4. The van der Waals surface area contributed by atoms with Gasteiger partial charge in [-0.1, -0.05) is 36.4 Å². The maximum atomic E-state index is 12.2. The Morgan fingerprint density at radius 1 is 1.04 bits per heavy atom. The van der Waals surface area contributed by atoms with E-state index in [2.05, 4.69) is 27.4 Å². The standard InChI is InChI=1S/C21H23N5O/c1-25-10-12-26(13-11-25)15-21(27)24-22-14-18-16-6-2-4-8-19(16)23-20-9-5-3-7-17(18)20/h2-9,14H,10-13,15H2,1H3,(H,24,27)/b22-14+. The minimum Gasteiger partial charge on any atom is -0.304 e. The molecule has 6 nitrogen and oxygen atoms in total. The molecule has 0 unspecified atom stereocenters. The first kappa shape index (κ1) is 17.6.